The van der Waals surface area contributed by atoms with Gasteiger partial charge in [0.2, 0.25) is 5.82 Å². The normalized spacial score (nSPS) is 15.3. The molecule has 1 N–H and O–H groups in total. The second-order valence-electron chi connectivity index (χ2n) is 6.96. The molecule has 3 aromatic rings. The summed E-state index contributed by atoms with van der Waals surface area (Å²) in [4.78, 5) is 8.43. The molecule has 1 aliphatic heterocycles. The second-order valence-corrected chi connectivity index (χ2v) is 7.39. The average molecular weight is 384 g/mol. The third-order valence-electron chi connectivity index (χ3n) is 5.13. The van der Waals surface area contributed by atoms with Crippen molar-refractivity contribution < 1.29 is 9.42 Å². The van der Waals surface area contributed by atoms with Crippen LogP contribution in [0.5, 0.6) is 0 Å². The van der Waals surface area contributed by atoms with Crippen LogP contribution in [-0.2, 0) is 13.0 Å². The molecule has 0 bridgehead atoms. The van der Waals surface area contributed by atoms with Gasteiger partial charge in [0.1, 0.15) is 0 Å². The van der Waals surface area contributed by atoms with Crippen LogP contribution in [0.3, 0.4) is 0 Å². The second kappa shape index (κ2) is 8.11. The fraction of sp³-hybridized carbons (Fsp3) is 0.333. The molecular formula is C21H24ClN4O+. The predicted molar refractivity (Wildman–Crippen MR) is 107 cm³/mol. The lowest BCUT2D eigenvalue weighted by atomic mass is 10.1. The van der Waals surface area contributed by atoms with Crippen molar-refractivity contribution in [2.75, 3.05) is 31.1 Å². The Labute approximate surface area is 164 Å². The largest absolute Gasteiger partial charge is 0.360 e. The molecule has 2 heterocycles. The highest BCUT2D eigenvalue weighted by atomic mass is 35.5. The van der Waals surface area contributed by atoms with Gasteiger partial charge in [-0.2, -0.15) is 4.98 Å². The molecule has 6 heteroatoms. The summed E-state index contributed by atoms with van der Waals surface area (Å²) in [6.07, 6.45) is 1.03. The molecule has 0 spiro atoms. The van der Waals surface area contributed by atoms with Crippen molar-refractivity contribution in [1.29, 1.82) is 0 Å². The Hall–Kier alpha value is -2.37. The van der Waals surface area contributed by atoms with Gasteiger partial charge >= 0.3 is 0 Å². The molecule has 0 atom stereocenters. The number of anilines is 1. The summed E-state index contributed by atoms with van der Waals surface area (Å²) in [6.45, 7) is 6.98. The van der Waals surface area contributed by atoms with Crippen molar-refractivity contribution in [1.82, 2.24) is 10.1 Å². The minimum atomic E-state index is 0.671. The van der Waals surface area contributed by atoms with E-state index in [0.29, 0.717) is 11.7 Å². The van der Waals surface area contributed by atoms with Crippen LogP contribution in [0.25, 0.3) is 11.4 Å². The first-order valence-corrected chi connectivity index (χ1v) is 9.85. The highest BCUT2D eigenvalue weighted by Gasteiger charge is 2.23. The van der Waals surface area contributed by atoms with Crippen LogP contribution in [0.2, 0.25) is 5.02 Å². The van der Waals surface area contributed by atoms with Gasteiger partial charge in [0.25, 0.3) is 5.89 Å². The first-order valence-electron chi connectivity index (χ1n) is 9.47. The van der Waals surface area contributed by atoms with E-state index in [2.05, 4.69) is 52.3 Å². The smallest absolute Gasteiger partial charge is 0.282 e. The highest BCUT2D eigenvalue weighted by molar-refractivity contribution is 6.30. The molecule has 0 aliphatic carbocycles. The van der Waals surface area contributed by atoms with Gasteiger partial charge in [0.15, 0.2) is 6.54 Å². The van der Waals surface area contributed by atoms with Gasteiger partial charge in [0, 0.05) is 16.3 Å². The van der Waals surface area contributed by atoms with Crippen LogP contribution < -0.4 is 9.80 Å². The molecule has 0 unspecified atom stereocenters. The first kappa shape index (κ1) is 18.0. The van der Waals surface area contributed by atoms with Gasteiger partial charge in [-0.3, -0.25) is 0 Å². The lowest BCUT2D eigenvalue weighted by molar-refractivity contribution is -0.915. The highest BCUT2D eigenvalue weighted by Crippen LogP contribution is 2.19. The molecule has 1 fully saturated rings. The maximum atomic E-state index is 6.11. The van der Waals surface area contributed by atoms with E-state index in [1.54, 1.807) is 0 Å². The summed E-state index contributed by atoms with van der Waals surface area (Å²) in [7, 11) is 0. The molecule has 0 radical (unpaired) electrons. The van der Waals surface area contributed by atoms with E-state index in [-0.39, 0.29) is 0 Å². The Morgan fingerprint density at radius 2 is 1.89 bits per heavy atom. The number of rotatable bonds is 5. The standard InChI is InChI=1S/C21H23ClN4O/c1-2-16-6-8-17(9-7-16)21-23-20(27-24-21)15-25-10-12-26(13-11-25)19-5-3-4-18(22)14-19/h3-9,14H,2,10-13,15H2,1H3/p+1. The zero-order valence-corrected chi connectivity index (χ0v) is 16.2. The van der Waals surface area contributed by atoms with Gasteiger partial charge < -0.3 is 14.3 Å². The van der Waals surface area contributed by atoms with Crippen molar-refractivity contribution in [2.24, 2.45) is 0 Å². The minimum Gasteiger partial charge on any atom is -0.360 e. The number of benzene rings is 2. The molecule has 1 saturated heterocycles. The molecular weight excluding hydrogens is 360 g/mol. The van der Waals surface area contributed by atoms with E-state index in [1.807, 2.05) is 18.2 Å². The van der Waals surface area contributed by atoms with Crippen LogP contribution in [0, 0.1) is 0 Å². The van der Waals surface area contributed by atoms with E-state index >= 15 is 0 Å². The molecule has 5 nitrogen and oxygen atoms in total. The topological polar surface area (TPSA) is 46.6 Å². The molecule has 0 amide bonds. The Balaban J connectivity index is 1.35. The number of piperazine rings is 1. The summed E-state index contributed by atoms with van der Waals surface area (Å²) in [5, 5.41) is 4.94. The van der Waals surface area contributed by atoms with Crippen molar-refractivity contribution >= 4 is 17.3 Å². The van der Waals surface area contributed by atoms with E-state index in [0.717, 1.165) is 49.7 Å². The summed E-state index contributed by atoms with van der Waals surface area (Å²) in [6, 6.07) is 16.4. The molecule has 2 aromatic carbocycles. The number of halogens is 1. The van der Waals surface area contributed by atoms with Crippen molar-refractivity contribution in [3.8, 4) is 11.4 Å². The van der Waals surface area contributed by atoms with Crippen LogP contribution in [0.4, 0.5) is 5.69 Å². The molecule has 1 aromatic heterocycles. The Kier molecular flexibility index (Phi) is 5.41. The molecule has 1 aliphatic rings. The number of nitrogens with one attached hydrogen (secondary N) is 1. The lowest BCUT2D eigenvalue weighted by Gasteiger charge is -2.33. The third kappa shape index (κ3) is 4.31. The van der Waals surface area contributed by atoms with E-state index in [9.17, 15) is 0 Å². The number of aromatic nitrogens is 2. The summed E-state index contributed by atoms with van der Waals surface area (Å²) < 4.78 is 5.49. The number of hydrogen-bond acceptors (Lipinski definition) is 4. The Morgan fingerprint density at radius 3 is 2.59 bits per heavy atom. The molecule has 4 rings (SSSR count). The van der Waals surface area contributed by atoms with Gasteiger partial charge in [-0.1, -0.05) is 54.0 Å². The van der Waals surface area contributed by atoms with E-state index in [1.165, 1.54) is 16.2 Å². The molecule has 27 heavy (non-hydrogen) atoms. The monoisotopic (exact) mass is 383 g/mol. The number of nitrogens with zero attached hydrogens (tertiary/aromatic N) is 3. The SMILES string of the molecule is CCc1ccc(-c2noc(C[NH+]3CCN(c4cccc(Cl)c4)CC3)n2)cc1. The Bertz CT molecular complexity index is 885. The van der Waals surface area contributed by atoms with Gasteiger partial charge in [-0.05, 0) is 30.2 Å². The van der Waals surface area contributed by atoms with Crippen molar-refractivity contribution in [3.63, 3.8) is 0 Å². The van der Waals surface area contributed by atoms with Gasteiger partial charge in [0.05, 0.1) is 26.2 Å². The zero-order chi connectivity index (χ0) is 18.6. The van der Waals surface area contributed by atoms with Crippen molar-refractivity contribution in [3.05, 3.63) is 65.0 Å². The summed E-state index contributed by atoms with van der Waals surface area (Å²) >= 11 is 6.11. The quantitative estimate of drug-likeness (QED) is 0.736. The van der Waals surface area contributed by atoms with Crippen LogP contribution in [0.15, 0.2) is 53.1 Å². The lowest BCUT2D eigenvalue weighted by Crippen LogP contribution is -3.13. The minimum absolute atomic E-state index is 0.671. The fourth-order valence-corrected chi connectivity index (χ4v) is 3.66. The number of aryl methyl sites for hydroxylation is 1. The maximum Gasteiger partial charge on any atom is 0.282 e. The summed E-state index contributed by atoms with van der Waals surface area (Å²) in [5.74, 6) is 1.38. The first-order chi connectivity index (χ1) is 13.2. The Morgan fingerprint density at radius 1 is 1.11 bits per heavy atom. The maximum absolute atomic E-state index is 6.11. The van der Waals surface area contributed by atoms with Gasteiger partial charge in [-0.25, -0.2) is 0 Å². The molecule has 140 valence electrons. The van der Waals surface area contributed by atoms with E-state index < -0.39 is 0 Å². The fourth-order valence-electron chi connectivity index (χ4n) is 3.48. The number of quaternary nitrogens is 1. The van der Waals surface area contributed by atoms with Crippen molar-refractivity contribution in [2.45, 2.75) is 19.9 Å². The van der Waals surface area contributed by atoms with Crippen LogP contribution in [0.1, 0.15) is 18.4 Å². The van der Waals surface area contributed by atoms with Crippen LogP contribution >= 0.6 is 11.6 Å². The molecule has 0 saturated carbocycles. The third-order valence-corrected chi connectivity index (χ3v) is 5.37. The number of hydrogen-bond donors (Lipinski definition) is 1. The van der Waals surface area contributed by atoms with E-state index in [4.69, 9.17) is 16.1 Å². The zero-order valence-electron chi connectivity index (χ0n) is 15.5. The average Bonchev–Trinajstić information content (AvgIpc) is 3.17. The van der Waals surface area contributed by atoms with Gasteiger partial charge in [-0.15, -0.1) is 0 Å². The van der Waals surface area contributed by atoms with Crippen LogP contribution in [-0.4, -0.2) is 36.3 Å². The predicted octanol–water partition coefficient (Wildman–Crippen LogP) is 2.86. The summed E-state index contributed by atoms with van der Waals surface area (Å²) in [5.41, 5.74) is 3.50.